The third-order valence-corrected chi connectivity index (χ3v) is 2.22. The highest BCUT2D eigenvalue weighted by Crippen LogP contribution is 2.24. The summed E-state index contributed by atoms with van der Waals surface area (Å²) in [7, 11) is 0. The van der Waals surface area contributed by atoms with E-state index in [2.05, 4.69) is 0 Å². The molecule has 19 heavy (non-hydrogen) atoms. The van der Waals surface area contributed by atoms with Gasteiger partial charge in [0.25, 0.3) is 11.6 Å². The number of benzene rings is 1. The number of halogens is 3. The van der Waals surface area contributed by atoms with Crippen LogP contribution in [0.1, 0.15) is 16.8 Å². The minimum Gasteiger partial charge on any atom is -0.393 e. The number of nitrogens with one attached hydrogen (secondary N) is 1. The van der Waals surface area contributed by atoms with E-state index < -0.39 is 35.7 Å². The van der Waals surface area contributed by atoms with Crippen molar-refractivity contribution in [3.05, 3.63) is 33.9 Å². The molecule has 0 aromatic heterocycles. The van der Waals surface area contributed by atoms with Crippen LogP contribution in [0.15, 0.2) is 18.2 Å². The molecule has 0 spiro atoms. The molecule has 3 N–H and O–H groups in total. The molecule has 9 heteroatoms. The van der Waals surface area contributed by atoms with Crippen LogP contribution < -0.4 is 11.1 Å². The van der Waals surface area contributed by atoms with Crippen LogP contribution in [0.2, 0.25) is 0 Å². The van der Waals surface area contributed by atoms with Crippen LogP contribution in [-0.4, -0.2) is 23.6 Å². The predicted octanol–water partition coefficient (Wildman–Crippen LogP) is 1.86. The highest BCUT2D eigenvalue weighted by atomic mass is 19.4. The number of rotatable bonds is 4. The van der Waals surface area contributed by atoms with Crippen molar-refractivity contribution in [2.75, 3.05) is 12.3 Å². The molecule has 6 nitrogen and oxygen atoms in total. The van der Waals surface area contributed by atoms with Crippen molar-refractivity contribution in [1.82, 2.24) is 5.32 Å². The lowest BCUT2D eigenvalue weighted by atomic mass is 10.1. The molecule has 0 aliphatic carbocycles. The molecule has 1 amide bonds. The van der Waals surface area contributed by atoms with E-state index in [1.165, 1.54) is 12.1 Å². The Kier molecular flexibility index (Phi) is 4.30. The van der Waals surface area contributed by atoms with Gasteiger partial charge in [-0.15, -0.1) is 0 Å². The first kappa shape index (κ1) is 14.7. The summed E-state index contributed by atoms with van der Waals surface area (Å²) >= 11 is 0. The van der Waals surface area contributed by atoms with E-state index in [0.29, 0.717) is 0 Å². The van der Waals surface area contributed by atoms with Crippen molar-refractivity contribution in [1.29, 1.82) is 0 Å². The maximum atomic E-state index is 11.9. The van der Waals surface area contributed by atoms with Crippen LogP contribution in [-0.2, 0) is 0 Å². The number of alkyl halides is 3. The third kappa shape index (κ3) is 4.12. The Morgan fingerprint density at radius 3 is 2.58 bits per heavy atom. The first-order valence-electron chi connectivity index (χ1n) is 5.10. The first-order valence-corrected chi connectivity index (χ1v) is 5.10. The van der Waals surface area contributed by atoms with Gasteiger partial charge in [0.05, 0.1) is 16.9 Å². The summed E-state index contributed by atoms with van der Waals surface area (Å²) in [5.74, 6) is -0.884. The zero-order chi connectivity index (χ0) is 14.6. The Morgan fingerprint density at radius 2 is 2.05 bits per heavy atom. The normalized spacial score (nSPS) is 11.1. The molecule has 0 radical (unpaired) electrons. The smallest absolute Gasteiger partial charge is 0.390 e. The minimum absolute atomic E-state index is 0.226. The summed E-state index contributed by atoms with van der Waals surface area (Å²) < 4.78 is 35.7. The molecule has 0 bridgehead atoms. The van der Waals surface area contributed by atoms with E-state index in [1.807, 2.05) is 5.32 Å². The lowest BCUT2D eigenvalue weighted by molar-refractivity contribution is -0.383. The molecule has 1 rings (SSSR count). The zero-order valence-corrected chi connectivity index (χ0v) is 9.53. The Balaban J connectivity index is 2.78. The number of para-hydroxylation sites is 1. The SMILES string of the molecule is Nc1c(C(=O)NCCC(F)(F)F)cccc1[N+](=O)[O-]. The molecule has 0 heterocycles. The lowest BCUT2D eigenvalue weighted by Gasteiger charge is -2.09. The Labute approximate surface area is 105 Å². The van der Waals surface area contributed by atoms with Crippen LogP contribution >= 0.6 is 0 Å². The van der Waals surface area contributed by atoms with E-state index in [-0.39, 0.29) is 11.3 Å². The number of carbonyl (C=O) groups excluding carboxylic acids is 1. The molecule has 1 aromatic carbocycles. The Morgan fingerprint density at radius 1 is 1.42 bits per heavy atom. The molecule has 0 aliphatic heterocycles. The maximum Gasteiger partial charge on any atom is 0.390 e. The third-order valence-electron chi connectivity index (χ3n) is 2.22. The van der Waals surface area contributed by atoms with Crippen LogP contribution in [0.5, 0.6) is 0 Å². The Hall–Kier alpha value is -2.32. The van der Waals surface area contributed by atoms with E-state index in [1.54, 1.807) is 0 Å². The second-order valence-corrected chi connectivity index (χ2v) is 3.62. The monoisotopic (exact) mass is 277 g/mol. The molecular formula is C10H10F3N3O3. The standard InChI is InChI=1S/C10H10F3N3O3/c11-10(12,13)4-5-15-9(17)6-2-1-3-7(8(6)14)16(18)19/h1-3H,4-5,14H2,(H,15,17). The van der Waals surface area contributed by atoms with Gasteiger partial charge in [0, 0.05) is 12.6 Å². The first-order chi connectivity index (χ1) is 8.72. The summed E-state index contributed by atoms with van der Waals surface area (Å²) in [6.45, 7) is -0.621. The topological polar surface area (TPSA) is 98.3 Å². The number of nitrogens with zero attached hydrogens (tertiary/aromatic N) is 1. The molecule has 104 valence electrons. The van der Waals surface area contributed by atoms with Crippen molar-refractivity contribution < 1.29 is 22.9 Å². The van der Waals surface area contributed by atoms with Gasteiger partial charge in [-0.1, -0.05) is 6.07 Å². The summed E-state index contributed by atoms with van der Waals surface area (Å²) in [5.41, 5.74) is 4.35. The fraction of sp³-hybridized carbons (Fsp3) is 0.300. The van der Waals surface area contributed by atoms with Crippen molar-refractivity contribution in [3.8, 4) is 0 Å². The summed E-state index contributed by atoms with van der Waals surface area (Å²) in [5, 5.41) is 12.6. The number of nitrogen functional groups attached to an aromatic ring is 1. The number of carbonyl (C=O) groups is 1. The fourth-order valence-electron chi connectivity index (χ4n) is 1.32. The molecule has 0 atom stereocenters. The van der Waals surface area contributed by atoms with Crippen molar-refractivity contribution in [2.45, 2.75) is 12.6 Å². The molecule has 0 unspecified atom stereocenters. The lowest BCUT2D eigenvalue weighted by Crippen LogP contribution is -2.28. The second-order valence-electron chi connectivity index (χ2n) is 3.62. The van der Waals surface area contributed by atoms with Crippen molar-refractivity contribution in [2.24, 2.45) is 0 Å². The number of hydrogen-bond acceptors (Lipinski definition) is 4. The van der Waals surface area contributed by atoms with Crippen LogP contribution in [0.3, 0.4) is 0 Å². The van der Waals surface area contributed by atoms with E-state index >= 15 is 0 Å². The second kappa shape index (κ2) is 5.55. The van der Waals surface area contributed by atoms with Crippen LogP contribution in [0.4, 0.5) is 24.5 Å². The van der Waals surface area contributed by atoms with E-state index in [9.17, 15) is 28.1 Å². The molecule has 0 saturated carbocycles. The molecular weight excluding hydrogens is 267 g/mol. The highest BCUT2D eigenvalue weighted by molar-refractivity contribution is 6.00. The van der Waals surface area contributed by atoms with Gasteiger partial charge in [-0.05, 0) is 6.07 Å². The molecule has 1 aromatic rings. The van der Waals surface area contributed by atoms with Crippen molar-refractivity contribution >= 4 is 17.3 Å². The van der Waals surface area contributed by atoms with Crippen LogP contribution in [0, 0.1) is 10.1 Å². The fourth-order valence-corrected chi connectivity index (χ4v) is 1.32. The molecule has 0 saturated heterocycles. The van der Waals surface area contributed by atoms with Gasteiger partial charge >= 0.3 is 6.18 Å². The van der Waals surface area contributed by atoms with E-state index in [0.717, 1.165) is 6.07 Å². The average molecular weight is 277 g/mol. The molecule has 0 aliphatic rings. The Bertz CT molecular complexity index is 503. The number of hydrogen-bond donors (Lipinski definition) is 2. The summed E-state index contributed by atoms with van der Waals surface area (Å²) in [6, 6.07) is 3.53. The van der Waals surface area contributed by atoms with Gasteiger partial charge in [0.15, 0.2) is 0 Å². The number of nitro benzene ring substituents is 1. The maximum absolute atomic E-state index is 11.9. The largest absolute Gasteiger partial charge is 0.393 e. The van der Waals surface area contributed by atoms with Gasteiger partial charge in [-0.25, -0.2) is 0 Å². The quantitative estimate of drug-likeness (QED) is 0.498. The number of anilines is 1. The molecule has 0 fully saturated rings. The van der Waals surface area contributed by atoms with Gasteiger partial charge in [0.1, 0.15) is 5.69 Å². The van der Waals surface area contributed by atoms with Crippen molar-refractivity contribution in [3.63, 3.8) is 0 Å². The highest BCUT2D eigenvalue weighted by Gasteiger charge is 2.27. The number of nitrogens with two attached hydrogens (primary N) is 1. The van der Waals surface area contributed by atoms with Crippen LogP contribution in [0.25, 0.3) is 0 Å². The summed E-state index contributed by atoms with van der Waals surface area (Å²) in [6.07, 6.45) is -5.57. The van der Waals surface area contributed by atoms with Gasteiger partial charge < -0.3 is 11.1 Å². The average Bonchev–Trinajstić information content (AvgIpc) is 2.26. The minimum atomic E-state index is -4.39. The van der Waals surface area contributed by atoms with Gasteiger partial charge in [-0.2, -0.15) is 13.2 Å². The number of amides is 1. The summed E-state index contributed by atoms with van der Waals surface area (Å²) in [4.78, 5) is 21.4. The number of nitro groups is 1. The van der Waals surface area contributed by atoms with Gasteiger partial charge in [0.2, 0.25) is 0 Å². The zero-order valence-electron chi connectivity index (χ0n) is 9.53. The van der Waals surface area contributed by atoms with E-state index in [4.69, 9.17) is 5.73 Å². The van der Waals surface area contributed by atoms with Gasteiger partial charge in [-0.3, -0.25) is 14.9 Å². The predicted molar refractivity (Wildman–Crippen MR) is 60.5 cm³/mol.